The number of carboxylic acid groups (broad SMARTS) is 1. The van der Waals surface area contributed by atoms with Crippen molar-refractivity contribution in [1.29, 1.82) is 0 Å². The van der Waals surface area contributed by atoms with Gasteiger partial charge in [0.15, 0.2) is 11.4 Å². The Morgan fingerprint density at radius 2 is 2.00 bits per heavy atom. The number of benzene rings is 2. The summed E-state index contributed by atoms with van der Waals surface area (Å²) in [7, 11) is 1.49. The summed E-state index contributed by atoms with van der Waals surface area (Å²) < 4.78 is 37.4. The van der Waals surface area contributed by atoms with Crippen molar-refractivity contribution < 1.29 is 38.1 Å². The molecule has 9 heteroatoms. The lowest BCUT2D eigenvalue weighted by Crippen LogP contribution is -2.13. The number of methoxy groups -OCH3 is 1. The van der Waals surface area contributed by atoms with E-state index in [1.807, 2.05) is 0 Å². The zero-order valence-corrected chi connectivity index (χ0v) is 18.7. The van der Waals surface area contributed by atoms with Gasteiger partial charge in [0, 0.05) is 0 Å². The minimum atomic E-state index is -1.16. The maximum absolute atomic E-state index is 14.7. The van der Waals surface area contributed by atoms with Crippen LogP contribution in [0.3, 0.4) is 0 Å². The second-order valence-corrected chi connectivity index (χ2v) is 8.13. The molecule has 3 aromatic rings. The Morgan fingerprint density at radius 3 is 2.74 bits per heavy atom. The van der Waals surface area contributed by atoms with Gasteiger partial charge in [-0.3, -0.25) is 4.79 Å². The first-order chi connectivity index (χ1) is 16.4. The Balaban J connectivity index is 1.59. The summed E-state index contributed by atoms with van der Waals surface area (Å²) in [4.78, 5) is 10.9. The quantitative estimate of drug-likeness (QED) is 0.430. The van der Waals surface area contributed by atoms with E-state index in [4.69, 9.17) is 23.8 Å². The first-order valence-corrected chi connectivity index (χ1v) is 11.1. The predicted molar refractivity (Wildman–Crippen MR) is 119 cm³/mol. The lowest BCUT2D eigenvalue weighted by Gasteiger charge is -2.15. The Morgan fingerprint density at radius 1 is 1.21 bits per heavy atom. The van der Waals surface area contributed by atoms with Gasteiger partial charge in [0.25, 0.3) is 0 Å². The minimum Gasteiger partial charge on any atom is -0.497 e. The van der Waals surface area contributed by atoms with Crippen molar-refractivity contribution in [2.75, 3.05) is 7.11 Å². The van der Waals surface area contributed by atoms with Crippen LogP contribution in [0.1, 0.15) is 49.5 Å². The lowest BCUT2D eigenvalue weighted by molar-refractivity contribution is -0.139. The van der Waals surface area contributed by atoms with Gasteiger partial charge in [0.1, 0.15) is 23.9 Å². The van der Waals surface area contributed by atoms with Gasteiger partial charge < -0.3 is 28.9 Å². The monoisotopic (exact) mass is 471 g/mol. The molecule has 1 saturated carbocycles. The molecule has 8 nitrogen and oxygen atoms in total. The van der Waals surface area contributed by atoms with E-state index in [-0.39, 0.29) is 24.0 Å². The van der Waals surface area contributed by atoms with Crippen LogP contribution in [0.2, 0.25) is 0 Å². The van der Waals surface area contributed by atoms with Crippen LogP contribution < -0.4 is 14.2 Å². The van der Waals surface area contributed by atoms with E-state index in [1.54, 1.807) is 24.3 Å². The lowest BCUT2D eigenvalue weighted by atomic mass is 10.1. The normalized spacial score (nSPS) is 14.7. The summed E-state index contributed by atoms with van der Waals surface area (Å²) in [6.45, 7) is -0.0321. The molecular formula is C25H26FNO7. The van der Waals surface area contributed by atoms with Crippen LogP contribution in [0.15, 0.2) is 47.0 Å². The summed E-state index contributed by atoms with van der Waals surface area (Å²) in [5.41, 5.74) is 0.951. The number of hydrogen-bond acceptors (Lipinski definition) is 7. The highest BCUT2D eigenvalue weighted by Gasteiger charge is 2.27. The molecule has 1 atom stereocenters. The third-order valence-corrected chi connectivity index (χ3v) is 5.71. The Bertz CT molecular complexity index is 1140. The molecule has 1 aromatic heterocycles. The average molecular weight is 471 g/mol. The van der Waals surface area contributed by atoms with E-state index < -0.39 is 24.3 Å². The third-order valence-electron chi connectivity index (χ3n) is 5.71. The van der Waals surface area contributed by atoms with E-state index in [9.17, 15) is 14.3 Å². The largest absolute Gasteiger partial charge is 0.497 e. The number of aliphatic hydroxyl groups is 1. The third kappa shape index (κ3) is 5.48. The number of aromatic nitrogens is 1. The van der Waals surface area contributed by atoms with Crippen molar-refractivity contribution in [3.05, 3.63) is 59.5 Å². The maximum Gasteiger partial charge on any atom is 0.306 e. The van der Waals surface area contributed by atoms with Gasteiger partial charge >= 0.3 is 5.97 Å². The van der Waals surface area contributed by atoms with Crippen LogP contribution in [0.5, 0.6) is 17.2 Å². The molecule has 0 saturated heterocycles. The molecule has 4 rings (SSSR count). The van der Waals surface area contributed by atoms with Crippen LogP contribution in [0.4, 0.5) is 4.39 Å². The number of ether oxygens (including phenoxy) is 3. The van der Waals surface area contributed by atoms with Crippen molar-refractivity contribution in [2.24, 2.45) is 0 Å². The molecule has 0 amide bonds. The van der Waals surface area contributed by atoms with Crippen molar-refractivity contribution in [2.45, 2.75) is 50.9 Å². The maximum atomic E-state index is 14.7. The molecule has 180 valence electrons. The van der Waals surface area contributed by atoms with E-state index in [0.717, 1.165) is 25.7 Å². The highest BCUT2D eigenvalue weighted by Crippen LogP contribution is 2.39. The van der Waals surface area contributed by atoms with Crippen molar-refractivity contribution >= 4 is 5.97 Å². The fourth-order valence-electron chi connectivity index (χ4n) is 3.92. The molecule has 1 heterocycles. The molecule has 0 aliphatic heterocycles. The highest BCUT2D eigenvalue weighted by molar-refractivity contribution is 5.68. The number of halogens is 1. The zero-order chi connectivity index (χ0) is 24.1. The zero-order valence-electron chi connectivity index (χ0n) is 18.7. The number of nitrogens with zero attached hydrogens (tertiary/aromatic N) is 1. The smallest absolute Gasteiger partial charge is 0.306 e. The van der Waals surface area contributed by atoms with Gasteiger partial charge in [-0.25, -0.2) is 4.39 Å². The highest BCUT2D eigenvalue weighted by atomic mass is 19.1. The molecule has 0 radical (unpaired) electrons. The fraction of sp³-hybridized carbons (Fsp3) is 0.360. The molecule has 1 aliphatic rings. The minimum absolute atomic E-state index is 0.0277. The predicted octanol–water partition coefficient (Wildman–Crippen LogP) is 4.90. The topological polar surface area (TPSA) is 111 Å². The Labute approximate surface area is 195 Å². The van der Waals surface area contributed by atoms with Crippen molar-refractivity contribution in [1.82, 2.24) is 5.16 Å². The van der Waals surface area contributed by atoms with Gasteiger partial charge in [0.05, 0.1) is 31.3 Å². The van der Waals surface area contributed by atoms with Crippen LogP contribution in [0, 0.1) is 5.82 Å². The Kier molecular flexibility index (Phi) is 7.32. The van der Waals surface area contributed by atoms with E-state index in [1.165, 1.54) is 25.3 Å². The number of rotatable bonds is 10. The summed E-state index contributed by atoms with van der Waals surface area (Å²) in [6, 6.07) is 10.9. The molecule has 34 heavy (non-hydrogen) atoms. The van der Waals surface area contributed by atoms with E-state index in [2.05, 4.69) is 5.16 Å². The number of aliphatic carboxylic acids is 1. The van der Waals surface area contributed by atoms with Gasteiger partial charge in [-0.05, 0) is 61.6 Å². The van der Waals surface area contributed by atoms with Crippen molar-refractivity contribution in [3.63, 3.8) is 0 Å². The van der Waals surface area contributed by atoms with Crippen molar-refractivity contribution in [3.8, 4) is 28.6 Å². The van der Waals surface area contributed by atoms with Gasteiger partial charge in [0.2, 0.25) is 5.76 Å². The molecular weight excluding hydrogens is 445 g/mol. The number of aliphatic hydroxyl groups excluding tert-OH is 1. The number of carboxylic acids is 1. The molecule has 0 bridgehead atoms. The standard InChI is InChI=1S/C25H26FNO7/c1-31-17-9-10-20(26)19(12-17)24-25(33-16-6-2-3-7-16)21(27-34-24)14-32-18-8-4-5-15(11-18)22(28)13-23(29)30/h4-5,8-12,16,22,28H,2-3,6-7,13-14H2,1H3,(H,29,30)/t22-/m1/s1. The van der Waals surface area contributed by atoms with Crippen LogP contribution in [-0.4, -0.2) is 34.6 Å². The summed E-state index contributed by atoms with van der Waals surface area (Å²) in [5, 5.41) is 23.1. The second kappa shape index (κ2) is 10.6. The summed E-state index contributed by atoms with van der Waals surface area (Å²) >= 11 is 0. The van der Waals surface area contributed by atoms with E-state index in [0.29, 0.717) is 28.5 Å². The number of hydrogen-bond donors (Lipinski definition) is 2. The van der Waals surface area contributed by atoms with E-state index >= 15 is 0 Å². The first kappa shape index (κ1) is 23.6. The summed E-state index contributed by atoms with van der Waals surface area (Å²) in [5.74, 6) is -0.248. The molecule has 2 aromatic carbocycles. The molecule has 0 spiro atoms. The Hall–Kier alpha value is -3.59. The molecule has 0 unspecified atom stereocenters. The fourth-order valence-corrected chi connectivity index (χ4v) is 3.92. The average Bonchev–Trinajstić information content (AvgIpc) is 3.48. The SMILES string of the molecule is COc1ccc(F)c(-c2onc(COc3cccc([C@H](O)CC(=O)O)c3)c2OC2CCCC2)c1. The van der Waals surface area contributed by atoms with Crippen LogP contribution in [0.25, 0.3) is 11.3 Å². The van der Waals surface area contributed by atoms with Crippen LogP contribution >= 0.6 is 0 Å². The van der Waals surface area contributed by atoms with Gasteiger partial charge in [-0.1, -0.05) is 17.3 Å². The van der Waals surface area contributed by atoms with Gasteiger partial charge in [-0.2, -0.15) is 0 Å². The molecule has 1 aliphatic carbocycles. The summed E-state index contributed by atoms with van der Waals surface area (Å²) in [6.07, 6.45) is 2.27. The van der Waals surface area contributed by atoms with Crippen LogP contribution in [-0.2, 0) is 11.4 Å². The second-order valence-electron chi connectivity index (χ2n) is 8.13. The molecule has 2 N–H and O–H groups in total. The van der Waals surface area contributed by atoms with Gasteiger partial charge in [-0.15, -0.1) is 0 Å². The first-order valence-electron chi connectivity index (χ1n) is 11.1. The molecule has 1 fully saturated rings. The number of carbonyl (C=O) groups is 1.